The van der Waals surface area contributed by atoms with E-state index in [9.17, 15) is 4.79 Å². The number of thiazole rings is 1. The molecule has 0 spiro atoms. The smallest absolute Gasteiger partial charge is 0.260 e. The van der Waals surface area contributed by atoms with E-state index < -0.39 is 0 Å². The van der Waals surface area contributed by atoms with Crippen molar-refractivity contribution < 1.29 is 14.3 Å². The summed E-state index contributed by atoms with van der Waals surface area (Å²) >= 11 is 1.48. The Labute approximate surface area is 194 Å². The van der Waals surface area contributed by atoms with Gasteiger partial charge in [0.05, 0.1) is 29.7 Å². The molecule has 0 atom stereocenters. The zero-order valence-corrected chi connectivity index (χ0v) is 19.3. The van der Waals surface area contributed by atoms with Gasteiger partial charge >= 0.3 is 0 Å². The van der Waals surface area contributed by atoms with Gasteiger partial charge in [-0.15, -0.1) is 0 Å². The lowest BCUT2D eigenvalue weighted by molar-refractivity contribution is 0.102. The number of amides is 1. The molecule has 0 aliphatic carbocycles. The number of aryl methyl sites for hydroxylation is 1. The van der Waals surface area contributed by atoms with Crippen molar-refractivity contribution in [2.45, 2.75) is 13.8 Å². The molecular weight excluding hydrogens is 436 g/mol. The fourth-order valence-corrected chi connectivity index (χ4v) is 4.71. The Bertz CT molecular complexity index is 1490. The van der Waals surface area contributed by atoms with E-state index in [4.69, 9.17) is 14.5 Å². The first-order valence-electron chi connectivity index (χ1n) is 10.5. The summed E-state index contributed by atoms with van der Waals surface area (Å²) < 4.78 is 13.9. The van der Waals surface area contributed by atoms with Gasteiger partial charge in [-0.1, -0.05) is 41.7 Å². The van der Waals surface area contributed by atoms with Crippen molar-refractivity contribution in [3.8, 4) is 16.6 Å². The van der Waals surface area contributed by atoms with Crippen molar-refractivity contribution in [2.24, 2.45) is 0 Å². The normalized spacial score (nSPS) is 11.1. The molecule has 0 unspecified atom stereocenters. The van der Waals surface area contributed by atoms with E-state index in [0.29, 0.717) is 28.9 Å². The number of benzene rings is 3. The summed E-state index contributed by atoms with van der Waals surface area (Å²) in [6.07, 6.45) is 0. The summed E-state index contributed by atoms with van der Waals surface area (Å²) in [5.41, 5.74) is 1.99. The van der Waals surface area contributed by atoms with Crippen molar-refractivity contribution in [3.05, 3.63) is 71.9 Å². The molecule has 0 aliphatic rings. The third kappa shape index (κ3) is 3.89. The fraction of sp³-hybridized carbons (Fsp3) is 0.160. The highest BCUT2D eigenvalue weighted by Gasteiger charge is 2.19. The Balaban J connectivity index is 1.53. The molecule has 2 aromatic heterocycles. The predicted molar refractivity (Wildman–Crippen MR) is 131 cm³/mol. The summed E-state index contributed by atoms with van der Waals surface area (Å²) in [7, 11) is 1.56. The SMILES string of the molecule is CCOc1cccc2sc(-n3nc(C)cc3NC(=O)c3cc4ccccc4cc3OC)nc12. The molecular formula is C25H22N4O3S. The van der Waals surface area contributed by atoms with Crippen LogP contribution in [-0.2, 0) is 0 Å². The van der Waals surface area contributed by atoms with Gasteiger partial charge in [-0.05, 0) is 48.9 Å². The minimum atomic E-state index is -0.283. The molecule has 0 fully saturated rings. The Kier molecular flexibility index (Phi) is 5.43. The van der Waals surface area contributed by atoms with Gasteiger partial charge in [-0.2, -0.15) is 9.78 Å². The number of para-hydroxylation sites is 1. The van der Waals surface area contributed by atoms with Crippen molar-refractivity contribution >= 4 is 44.1 Å². The van der Waals surface area contributed by atoms with E-state index in [1.165, 1.54) is 11.3 Å². The summed E-state index contributed by atoms with van der Waals surface area (Å²) in [6, 6.07) is 19.2. The first-order chi connectivity index (χ1) is 16.1. The Morgan fingerprint density at radius 3 is 2.61 bits per heavy atom. The molecule has 0 bridgehead atoms. The summed E-state index contributed by atoms with van der Waals surface area (Å²) in [6.45, 7) is 4.38. The van der Waals surface area contributed by atoms with E-state index in [2.05, 4.69) is 10.4 Å². The van der Waals surface area contributed by atoms with Crippen LogP contribution in [0.5, 0.6) is 11.5 Å². The number of rotatable bonds is 6. The number of methoxy groups -OCH3 is 1. The highest BCUT2D eigenvalue weighted by molar-refractivity contribution is 7.20. The maximum atomic E-state index is 13.3. The second kappa shape index (κ2) is 8.55. The summed E-state index contributed by atoms with van der Waals surface area (Å²) in [4.78, 5) is 18.0. The third-order valence-corrected chi connectivity index (χ3v) is 6.23. The number of aromatic nitrogens is 3. The lowest BCUT2D eigenvalue weighted by Gasteiger charge is -2.11. The highest BCUT2D eigenvalue weighted by Crippen LogP contribution is 2.33. The maximum absolute atomic E-state index is 13.3. The van der Waals surface area contributed by atoms with Crippen LogP contribution in [0.3, 0.4) is 0 Å². The quantitative estimate of drug-likeness (QED) is 0.358. The van der Waals surface area contributed by atoms with Crippen LogP contribution >= 0.6 is 11.3 Å². The average Bonchev–Trinajstić information content (AvgIpc) is 3.42. The molecule has 8 heteroatoms. The van der Waals surface area contributed by atoms with Crippen molar-refractivity contribution in [3.63, 3.8) is 0 Å². The van der Waals surface area contributed by atoms with Crippen LogP contribution in [-0.4, -0.2) is 34.4 Å². The van der Waals surface area contributed by atoms with E-state index in [0.717, 1.165) is 32.4 Å². The van der Waals surface area contributed by atoms with Crippen LogP contribution in [0.25, 0.3) is 26.1 Å². The van der Waals surface area contributed by atoms with Gasteiger partial charge in [0.15, 0.2) is 0 Å². The van der Waals surface area contributed by atoms with E-state index >= 15 is 0 Å². The number of anilines is 1. The number of nitrogens with one attached hydrogen (secondary N) is 1. The number of hydrogen-bond donors (Lipinski definition) is 1. The van der Waals surface area contributed by atoms with Gasteiger partial charge in [0, 0.05) is 6.07 Å². The average molecular weight is 459 g/mol. The van der Waals surface area contributed by atoms with Crippen LogP contribution in [0.4, 0.5) is 5.82 Å². The molecule has 5 rings (SSSR count). The second-order valence-corrected chi connectivity index (χ2v) is 8.48. The molecule has 0 aliphatic heterocycles. The van der Waals surface area contributed by atoms with Gasteiger partial charge in [-0.3, -0.25) is 4.79 Å². The Morgan fingerprint density at radius 1 is 1.06 bits per heavy atom. The molecule has 0 saturated carbocycles. The first-order valence-corrected chi connectivity index (χ1v) is 11.4. The van der Waals surface area contributed by atoms with Gasteiger partial charge < -0.3 is 14.8 Å². The zero-order valence-electron chi connectivity index (χ0n) is 18.5. The van der Waals surface area contributed by atoms with Gasteiger partial charge in [0.25, 0.3) is 5.91 Å². The molecule has 5 aromatic rings. The van der Waals surface area contributed by atoms with Crippen LogP contribution in [0.2, 0.25) is 0 Å². The summed E-state index contributed by atoms with van der Waals surface area (Å²) in [5.74, 6) is 1.49. The number of ether oxygens (including phenoxy) is 2. The predicted octanol–water partition coefficient (Wildman–Crippen LogP) is 5.60. The number of fused-ring (bicyclic) bond motifs is 2. The number of nitrogens with zero attached hydrogens (tertiary/aromatic N) is 3. The monoisotopic (exact) mass is 458 g/mol. The van der Waals surface area contributed by atoms with Crippen molar-refractivity contribution in [2.75, 3.05) is 19.0 Å². The van der Waals surface area contributed by atoms with Crippen LogP contribution in [0, 0.1) is 6.92 Å². The maximum Gasteiger partial charge on any atom is 0.260 e. The molecule has 166 valence electrons. The minimum absolute atomic E-state index is 0.283. The van der Waals surface area contributed by atoms with Crippen molar-refractivity contribution in [1.82, 2.24) is 14.8 Å². The molecule has 1 amide bonds. The molecule has 0 saturated heterocycles. The number of hydrogen-bond acceptors (Lipinski definition) is 6. The van der Waals surface area contributed by atoms with Crippen LogP contribution in [0.1, 0.15) is 23.0 Å². The molecule has 1 N–H and O–H groups in total. The topological polar surface area (TPSA) is 78.3 Å². The van der Waals surface area contributed by atoms with Gasteiger partial charge in [0.1, 0.15) is 22.8 Å². The van der Waals surface area contributed by atoms with E-state index in [1.807, 2.05) is 74.5 Å². The zero-order chi connectivity index (χ0) is 22.9. The van der Waals surface area contributed by atoms with Crippen molar-refractivity contribution in [1.29, 1.82) is 0 Å². The standard InChI is InChI=1S/C25H22N4O3S/c1-4-32-19-10-7-11-21-23(19)27-25(33-21)29-22(12-15(2)28-29)26-24(30)18-13-16-8-5-6-9-17(16)14-20(18)31-3/h5-14H,4H2,1-3H3,(H,26,30). The lowest BCUT2D eigenvalue weighted by atomic mass is 10.1. The minimum Gasteiger partial charge on any atom is -0.496 e. The van der Waals surface area contributed by atoms with E-state index in [1.54, 1.807) is 11.8 Å². The Hall–Kier alpha value is -3.91. The lowest BCUT2D eigenvalue weighted by Crippen LogP contribution is -2.16. The molecule has 33 heavy (non-hydrogen) atoms. The van der Waals surface area contributed by atoms with Crippen LogP contribution in [0.15, 0.2) is 60.7 Å². The first kappa shape index (κ1) is 21.0. The fourth-order valence-electron chi connectivity index (χ4n) is 3.76. The number of carbonyl (C=O) groups is 1. The van der Waals surface area contributed by atoms with Gasteiger partial charge in [-0.25, -0.2) is 4.98 Å². The molecule has 3 aromatic carbocycles. The highest BCUT2D eigenvalue weighted by atomic mass is 32.1. The second-order valence-electron chi connectivity index (χ2n) is 7.47. The molecule has 7 nitrogen and oxygen atoms in total. The molecule has 2 heterocycles. The van der Waals surface area contributed by atoms with Crippen LogP contribution < -0.4 is 14.8 Å². The number of carbonyl (C=O) groups excluding carboxylic acids is 1. The molecule has 0 radical (unpaired) electrons. The Morgan fingerprint density at radius 2 is 1.85 bits per heavy atom. The third-order valence-electron chi connectivity index (χ3n) is 5.24. The van der Waals surface area contributed by atoms with E-state index in [-0.39, 0.29) is 5.91 Å². The largest absolute Gasteiger partial charge is 0.496 e. The summed E-state index contributed by atoms with van der Waals surface area (Å²) in [5, 5.41) is 10.2. The van der Waals surface area contributed by atoms with Gasteiger partial charge in [0.2, 0.25) is 5.13 Å².